The van der Waals surface area contributed by atoms with Gasteiger partial charge in [0.1, 0.15) is 6.10 Å². The number of hydrogen-bond acceptors (Lipinski definition) is 7. The van der Waals surface area contributed by atoms with E-state index in [4.69, 9.17) is 9.26 Å². The first-order valence-corrected chi connectivity index (χ1v) is 9.24. The van der Waals surface area contributed by atoms with Gasteiger partial charge < -0.3 is 19.5 Å². The minimum Gasteiger partial charge on any atom is -0.374 e. The fraction of sp³-hybridized carbons (Fsp3) is 0.824. The molecule has 1 aromatic rings. The molecule has 0 aliphatic carbocycles. The summed E-state index contributed by atoms with van der Waals surface area (Å²) in [6.07, 6.45) is 3.73. The number of amides is 1. The van der Waals surface area contributed by atoms with Gasteiger partial charge in [0, 0.05) is 45.8 Å². The maximum atomic E-state index is 12.5. The largest absolute Gasteiger partial charge is 0.374 e. The van der Waals surface area contributed by atoms with Gasteiger partial charge in [-0.1, -0.05) is 5.16 Å². The van der Waals surface area contributed by atoms with E-state index in [1.165, 1.54) is 6.42 Å². The molecule has 0 spiro atoms. The molecule has 2 aliphatic heterocycles. The molecule has 1 N–H and O–H groups in total. The van der Waals surface area contributed by atoms with E-state index in [-0.39, 0.29) is 36.8 Å². The molecule has 156 valence electrons. The summed E-state index contributed by atoms with van der Waals surface area (Å²) in [5.74, 6) is 1.46. The molecular formula is C17H31Cl2N5O3. The number of nitrogens with zero attached hydrogens (tertiary/aromatic N) is 4. The van der Waals surface area contributed by atoms with Gasteiger partial charge in [-0.05, 0) is 32.7 Å². The Morgan fingerprint density at radius 1 is 1.30 bits per heavy atom. The fourth-order valence-electron chi connectivity index (χ4n) is 3.44. The third-order valence-electron chi connectivity index (χ3n) is 5.08. The minimum absolute atomic E-state index is 0. The van der Waals surface area contributed by atoms with Crippen LogP contribution in [-0.2, 0) is 16.1 Å². The zero-order chi connectivity index (χ0) is 17.6. The number of aromatic nitrogens is 2. The Balaban J connectivity index is 0.00000182. The summed E-state index contributed by atoms with van der Waals surface area (Å²) in [5, 5.41) is 7.37. The predicted molar refractivity (Wildman–Crippen MR) is 106 cm³/mol. The molecule has 0 bridgehead atoms. The number of nitrogens with one attached hydrogen (secondary N) is 1. The summed E-state index contributed by atoms with van der Waals surface area (Å²) >= 11 is 0. The van der Waals surface area contributed by atoms with E-state index in [0.29, 0.717) is 30.7 Å². The number of rotatable bonds is 6. The van der Waals surface area contributed by atoms with Crippen LogP contribution in [0.25, 0.3) is 0 Å². The lowest BCUT2D eigenvalue weighted by Crippen LogP contribution is -2.38. The lowest BCUT2D eigenvalue weighted by atomic mass is 10.1. The molecule has 2 atom stereocenters. The first-order valence-electron chi connectivity index (χ1n) is 9.24. The average molecular weight is 424 g/mol. The van der Waals surface area contributed by atoms with Crippen molar-refractivity contribution in [1.29, 1.82) is 0 Å². The molecule has 3 rings (SSSR count). The number of carbonyl (C=O) groups excluding carboxylic acids is 1. The van der Waals surface area contributed by atoms with E-state index in [0.717, 1.165) is 45.6 Å². The highest BCUT2D eigenvalue weighted by molar-refractivity contribution is 5.85. The Labute approximate surface area is 173 Å². The number of hydrogen-bond donors (Lipinski definition) is 1. The van der Waals surface area contributed by atoms with Crippen molar-refractivity contribution in [3.05, 3.63) is 11.7 Å². The second-order valence-corrected chi connectivity index (χ2v) is 6.93. The summed E-state index contributed by atoms with van der Waals surface area (Å²) < 4.78 is 10.5. The van der Waals surface area contributed by atoms with Gasteiger partial charge in [0.2, 0.25) is 11.8 Å². The average Bonchev–Trinajstić information content (AvgIpc) is 3.23. The standard InChI is InChI=1S/C17H29N5O3.2ClH/c1-13(24-2)17-19-15(25-20-17)12-21-7-4-8-22(10-9-21)16(23)11-14-5-3-6-18-14;;/h13-14,18H,3-12H2,1-2H3;2*1H. The summed E-state index contributed by atoms with van der Waals surface area (Å²) in [6, 6.07) is 0.367. The lowest BCUT2D eigenvalue weighted by molar-refractivity contribution is -0.131. The van der Waals surface area contributed by atoms with Crippen LogP contribution in [0.5, 0.6) is 0 Å². The van der Waals surface area contributed by atoms with Gasteiger partial charge in [0.05, 0.1) is 6.54 Å². The van der Waals surface area contributed by atoms with E-state index >= 15 is 0 Å². The number of methoxy groups -OCH3 is 1. The zero-order valence-electron chi connectivity index (χ0n) is 16.1. The van der Waals surface area contributed by atoms with Crippen molar-refractivity contribution in [3.8, 4) is 0 Å². The SMILES string of the molecule is COC(C)c1noc(CN2CCCN(C(=O)CC3CCCN3)CC2)n1.Cl.Cl. The minimum atomic E-state index is -0.168. The first-order chi connectivity index (χ1) is 12.2. The van der Waals surface area contributed by atoms with Crippen molar-refractivity contribution in [2.24, 2.45) is 0 Å². The highest BCUT2D eigenvalue weighted by Gasteiger charge is 2.24. The number of ether oxygens (including phenoxy) is 1. The fourth-order valence-corrected chi connectivity index (χ4v) is 3.44. The highest BCUT2D eigenvalue weighted by atomic mass is 35.5. The van der Waals surface area contributed by atoms with Crippen molar-refractivity contribution >= 4 is 30.7 Å². The van der Waals surface area contributed by atoms with Gasteiger partial charge in [0.25, 0.3) is 0 Å². The molecule has 1 amide bonds. The topological polar surface area (TPSA) is 83.7 Å². The van der Waals surface area contributed by atoms with E-state index < -0.39 is 0 Å². The van der Waals surface area contributed by atoms with E-state index in [1.807, 2.05) is 11.8 Å². The molecule has 0 aromatic carbocycles. The summed E-state index contributed by atoms with van der Waals surface area (Å²) in [4.78, 5) is 21.2. The van der Waals surface area contributed by atoms with Gasteiger partial charge in [-0.2, -0.15) is 4.98 Å². The van der Waals surface area contributed by atoms with Crippen molar-refractivity contribution in [2.45, 2.75) is 51.3 Å². The summed E-state index contributed by atoms with van der Waals surface area (Å²) in [5.41, 5.74) is 0. The molecule has 10 heteroatoms. The van der Waals surface area contributed by atoms with Gasteiger partial charge in [-0.15, -0.1) is 24.8 Å². The molecule has 0 saturated carbocycles. The van der Waals surface area contributed by atoms with E-state index in [9.17, 15) is 4.79 Å². The highest BCUT2D eigenvalue weighted by Crippen LogP contribution is 2.15. The van der Waals surface area contributed by atoms with Crippen molar-refractivity contribution in [3.63, 3.8) is 0 Å². The Hall–Kier alpha value is -0.930. The second kappa shape index (κ2) is 11.8. The third-order valence-corrected chi connectivity index (χ3v) is 5.08. The molecule has 2 unspecified atom stereocenters. The monoisotopic (exact) mass is 423 g/mol. The molecule has 3 heterocycles. The van der Waals surface area contributed by atoms with Crippen LogP contribution >= 0.6 is 24.8 Å². The third kappa shape index (κ3) is 6.87. The summed E-state index contributed by atoms with van der Waals surface area (Å²) in [7, 11) is 1.63. The maximum absolute atomic E-state index is 12.5. The molecule has 2 saturated heterocycles. The Morgan fingerprint density at radius 3 is 2.81 bits per heavy atom. The Kier molecular flexibility index (Phi) is 10.5. The molecular weight excluding hydrogens is 393 g/mol. The zero-order valence-corrected chi connectivity index (χ0v) is 17.7. The lowest BCUT2D eigenvalue weighted by Gasteiger charge is -2.22. The smallest absolute Gasteiger partial charge is 0.240 e. The maximum Gasteiger partial charge on any atom is 0.240 e. The van der Waals surface area contributed by atoms with Crippen LogP contribution in [0.2, 0.25) is 0 Å². The first kappa shape index (κ1) is 24.1. The van der Waals surface area contributed by atoms with Crippen LogP contribution in [-0.4, -0.2) is 71.7 Å². The number of halogens is 2. The normalized spacial score (nSPS) is 21.9. The molecule has 1 aromatic heterocycles. The van der Waals surface area contributed by atoms with Crippen LogP contribution in [0.1, 0.15) is 50.4 Å². The summed E-state index contributed by atoms with van der Waals surface area (Å²) in [6.45, 7) is 6.92. The molecule has 2 aliphatic rings. The predicted octanol–water partition coefficient (Wildman–Crippen LogP) is 1.80. The van der Waals surface area contributed by atoms with Gasteiger partial charge in [0.15, 0.2) is 5.82 Å². The van der Waals surface area contributed by atoms with Crippen LogP contribution in [0.3, 0.4) is 0 Å². The van der Waals surface area contributed by atoms with Crippen LogP contribution in [0.4, 0.5) is 0 Å². The van der Waals surface area contributed by atoms with Gasteiger partial charge in [-0.25, -0.2) is 0 Å². The Bertz CT molecular complexity index is 569. The second-order valence-electron chi connectivity index (χ2n) is 6.93. The molecule has 2 fully saturated rings. The molecule has 0 radical (unpaired) electrons. The van der Waals surface area contributed by atoms with E-state index in [2.05, 4.69) is 20.4 Å². The molecule has 27 heavy (non-hydrogen) atoms. The van der Waals surface area contributed by atoms with Gasteiger partial charge >= 0.3 is 0 Å². The Morgan fingerprint density at radius 2 is 2.11 bits per heavy atom. The van der Waals surface area contributed by atoms with Crippen molar-refractivity contribution in [1.82, 2.24) is 25.3 Å². The van der Waals surface area contributed by atoms with Crippen LogP contribution < -0.4 is 5.32 Å². The van der Waals surface area contributed by atoms with Crippen LogP contribution in [0, 0.1) is 0 Å². The molecule has 8 nitrogen and oxygen atoms in total. The number of carbonyl (C=O) groups is 1. The van der Waals surface area contributed by atoms with Crippen molar-refractivity contribution < 1.29 is 14.1 Å². The van der Waals surface area contributed by atoms with Crippen molar-refractivity contribution in [2.75, 3.05) is 39.8 Å². The van der Waals surface area contributed by atoms with Gasteiger partial charge in [-0.3, -0.25) is 9.69 Å². The van der Waals surface area contributed by atoms with Crippen LogP contribution in [0.15, 0.2) is 4.52 Å². The van der Waals surface area contributed by atoms with E-state index in [1.54, 1.807) is 7.11 Å². The quantitative estimate of drug-likeness (QED) is 0.746.